The molecule has 25 heavy (non-hydrogen) atoms. The molecule has 0 bridgehead atoms. The lowest BCUT2D eigenvalue weighted by Crippen LogP contribution is -2.35. The van der Waals surface area contributed by atoms with Gasteiger partial charge in [0.25, 0.3) is 11.8 Å². The van der Waals surface area contributed by atoms with Crippen LogP contribution in [0.2, 0.25) is 0 Å². The van der Waals surface area contributed by atoms with E-state index in [-0.39, 0.29) is 12.2 Å². The lowest BCUT2D eigenvalue weighted by molar-refractivity contribution is -0.117. The third-order valence-electron chi connectivity index (χ3n) is 3.69. The zero-order valence-electron chi connectivity index (χ0n) is 13.5. The topological polar surface area (TPSA) is 82.4 Å². The second-order valence-corrected chi connectivity index (χ2v) is 5.46. The van der Waals surface area contributed by atoms with Crippen LogP contribution in [0.25, 0.3) is 6.08 Å². The summed E-state index contributed by atoms with van der Waals surface area (Å²) in [6.45, 7) is 1.83. The zero-order valence-corrected chi connectivity index (χ0v) is 13.5. The molecule has 1 saturated heterocycles. The molecule has 6 heteroatoms. The van der Waals surface area contributed by atoms with Crippen LogP contribution in [-0.2, 0) is 9.59 Å². The van der Waals surface area contributed by atoms with Gasteiger partial charge in [0.05, 0.1) is 5.69 Å². The first-order valence-electron chi connectivity index (χ1n) is 7.63. The van der Waals surface area contributed by atoms with Crippen LogP contribution in [0.3, 0.4) is 0 Å². The molecule has 0 saturated carbocycles. The Hall–Kier alpha value is -3.59. The Morgan fingerprint density at radius 2 is 1.88 bits per heavy atom. The Balaban J connectivity index is 1.92. The summed E-state index contributed by atoms with van der Waals surface area (Å²) in [5.41, 5.74) is 4.76. The van der Waals surface area contributed by atoms with Gasteiger partial charge in [0.15, 0.2) is 6.61 Å². The van der Waals surface area contributed by atoms with Crippen LogP contribution in [0.4, 0.5) is 5.69 Å². The lowest BCUT2D eigenvalue weighted by Gasteiger charge is -2.14. The van der Waals surface area contributed by atoms with Crippen molar-refractivity contribution in [3.63, 3.8) is 0 Å². The van der Waals surface area contributed by atoms with Gasteiger partial charge in [-0.2, -0.15) is 5.26 Å². The largest absolute Gasteiger partial charge is 0.478 e. The molecular formula is C19H15N3O3. The van der Waals surface area contributed by atoms with Gasteiger partial charge in [-0.1, -0.05) is 35.9 Å². The quantitative estimate of drug-likeness (QED) is 0.688. The first-order chi connectivity index (χ1) is 12.1. The predicted octanol–water partition coefficient (Wildman–Crippen LogP) is 2.36. The Bertz CT molecular complexity index is 895. The van der Waals surface area contributed by atoms with Gasteiger partial charge < -0.3 is 4.74 Å². The van der Waals surface area contributed by atoms with E-state index in [0.29, 0.717) is 17.0 Å². The Kier molecular flexibility index (Phi) is 4.48. The number of hydrogen-bond donors (Lipinski definition) is 1. The molecular weight excluding hydrogens is 318 g/mol. The van der Waals surface area contributed by atoms with Crippen molar-refractivity contribution in [2.45, 2.75) is 6.92 Å². The molecule has 124 valence electrons. The lowest BCUT2D eigenvalue weighted by atomic mass is 10.1. The highest BCUT2D eigenvalue weighted by Crippen LogP contribution is 2.25. The number of ether oxygens (including phenoxy) is 1. The molecule has 0 aromatic heterocycles. The number of para-hydroxylation sites is 1. The van der Waals surface area contributed by atoms with E-state index in [1.807, 2.05) is 25.1 Å². The first-order valence-corrected chi connectivity index (χ1v) is 7.63. The predicted molar refractivity (Wildman–Crippen MR) is 92.3 cm³/mol. The van der Waals surface area contributed by atoms with E-state index >= 15 is 0 Å². The SMILES string of the molecule is Cc1ccc(N2NC(=O)/C(=C\c3ccccc3OCC#N)C2=O)cc1. The van der Waals surface area contributed by atoms with E-state index in [9.17, 15) is 9.59 Å². The maximum Gasteiger partial charge on any atom is 0.282 e. The van der Waals surface area contributed by atoms with E-state index in [2.05, 4.69) is 5.43 Å². The minimum atomic E-state index is -0.485. The summed E-state index contributed by atoms with van der Waals surface area (Å²) < 4.78 is 5.33. The summed E-state index contributed by atoms with van der Waals surface area (Å²) in [5.74, 6) is -0.490. The third kappa shape index (κ3) is 3.35. The molecule has 1 aliphatic heterocycles. The number of hydrazine groups is 1. The molecule has 0 aliphatic carbocycles. The fourth-order valence-corrected chi connectivity index (χ4v) is 2.43. The number of nitrogens with zero attached hydrogens (tertiary/aromatic N) is 2. The average molecular weight is 333 g/mol. The van der Waals surface area contributed by atoms with Gasteiger partial charge in [-0.15, -0.1) is 0 Å². The summed E-state index contributed by atoms with van der Waals surface area (Å²) in [7, 11) is 0. The molecule has 2 aromatic carbocycles. The number of rotatable bonds is 4. The highest BCUT2D eigenvalue weighted by molar-refractivity contribution is 6.31. The number of nitriles is 1. The minimum absolute atomic E-state index is 0.00795. The number of carbonyl (C=O) groups is 2. The Morgan fingerprint density at radius 1 is 1.16 bits per heavy atom. The molecule has 6 nitrogen and oxygen atoms in total. The van der Waals surface area contributed by atoms with Crippen LogP contribution in [0.5, 0.6) is 5.75 Å². The number of anilines is 1. The van der Waals surface area contributed by atoms with Gasteiger partial charge in [-0.25, -0.2) is 5.01 Å². The maximum atomic E-state index is 12.6. The van der Waals surface area contributed by atoms with Crippen LogP contribution in [0, 0.1) is 18.3 Å². The highest BCUT2D eigenvalue weighted by atomic mass is 16.5. The summed E-state index contributed by atoms with van der Waals surface area (Å²) in [4.78, 5) is 24.8. The van der Waals surface area contributed by atoms with Gasteiger partial charge in [-0.05, 0) is 31.2 Å². The molecule has 0 unspecified atom stereocenters. The second-order valence-electron chi connectivity index (χ2n) is 5.46. The van der Waals surface area contributed by atoms with Crippen molar-refractivity contribution in [1.82, 2.24) is 5.43 Å². The summed E-state index contributed by atoms with van der Waals surface area (Å²) in [6.07, 6.45) is 1.47. The minimum Gasteiger partial charge on any atom is -0.478 e. The Morgan fingerprint density at radius 3 is 2.60 bits per heavy atom. The van der Waals surface area contributed by atoms with Gasteiger partial charge >= 0.3 is 0 Å². The molecule has 1 heterocycles. The van der Waals surface area contributed by atoms with Crippen molar-refractivity contribution in [2.75, 3.05) is 11.6 Å². The van der Waals surface area contributed by atoms with Crippen molar-refractivity contribution in [2.24, 2.45) is 0 Å². The van der Waals surface area contributed by atoms with Gasteiger partial charge in [-0.3, -0.25) is 15.0 Å². The molecule has 1 aliphatic rings. The summed E-state index contributed by atoms with van der Waals surface area (Å²) in [6, 6.07) is 16.1. The van der Waals surface area contributed by atoms with Crippen LogP contribution in [-0.4, -0.2) is 18.4 Å². The number of benzene rings is 2. The molecule has 0 spiro atoms. The molecule has 1 fully saturated rings. The van der Waals surface area contributed by atoms with Crippen LogP contribution >= 0.6 is 0 Å². The van der Waals surface area contributed by atoms with Gasteiger partial charge in [0.1, 0.15) is 17.4 Å². The molecule has 2 amide bonds. The number of aryl methyl sites for hydroxylation is 1. The molecule has 2 aromatic rings. The second kappa shape index (κ2) is 6.89. The first kappa shape index (κ1) is 16.3. The number of amides is 2. The number of carbonyl (C=O) groups excluding carboxylic acids is 2. The van der Waals surface area contributed by atoms with E-state index in [0.717, 1.165) is 5.56 Å². The number of hydrogen-bond acceptors (Lipinski definition) is 4. The number of nitrogens with one attached hydrogen (secondary N) is 1. The smallest absolute Gasteiger partial charge is 0.282 e. The van der Waals surface area contributed by atoms with E-state index < -0.39 is 11.8 Å². The Labute approximate surface area is 144 Å². The van der Waals surface area contributed by atoms with Gasteiger partial charge in [0, 0.05) is 5.56 Å². The average Bonchev–Trinajstić information content (AvgIpc) is 2.90. The van der Waals surface area contributed by atoms with Crippen molar-refractivity contribution in [3.8, 4) is 11.8 Å². The van der Waals surface area contributed by atoms with Crippen molar-refractivity contribution < 1.29 is 14.3 Å². The van der Waals surface area contributed by atoms with Crippen LogP contribution in [0.15, 0.2) is 54.1 Å². The molecule has 3 rings (SSSR count). The summed E-state index contributed by atoms with van der Waals surface area (Å²) >= 11 is 0. The standard InChI is InChI=1S/C19H15N3O3/c1-13-6-8-15(9-7-13)22-19(24)16(18(23)21-22)12-14-4-2-3-5-17(14)25-11-10-20/h2-9,12H,11H2,1H3,(H,21,23)/b16-12+. The van der Waals surface area contributed by atoms with Crippen molar-refractivity contribution in [3.05, 3.63) is 65.2 Å². The normalized spacial score (nSPS) is 15.2. The van der Waals surface area contributed by atoms with E-state index in [1.54, 1.807) is 36.4 Å². The van der Waals surface area contributed by atoms with Crippen LogP contribution in [0.1, 0.15) is 11.1 Å². The van der Waals surface area contributed by atoms with Crippen molar-refractivity contribution in [1.29, 1.82) is 5.26 Å². The maximum absolute atomic E-state index is 12.6. The van der Waals surface area contributed by atoms with E-state index in [1.165, 1.54) is 11.1 Å². The zero-order chi connectivity index (χ0) is 17.8. The fourth-order valence-electron chi connectivity index (χ4n) is 2.43. The molecule has 0 atom stereocenters. The summed E-state index contributed by atoms with van der Waals surface area (Å²) in [5, 5.41) is 9.87. The molecule has 1 N–H and O–H groups in total. The van der Waals surface area contributed by atoms with Crippen LogP contribution < -0.4 is 15.2 Å². The van der Waals surface area contributed by atoms with Gasteiger partial charge in [0.2, 0.25) is 0 Å². The fraction of sp³-hybridized carbons (Fsp3) is 0.105. The third-order valence-corrected chi connectivity index (χ3v) is 3.69. The van der Waals surface area contributed by atoms with Crippen molar-refractivity contribution >= 4 is 23.6 Å². The monoisotopic (exact) mass is 333 g/mol. The molecule has 0 radical (unpaired) electrons. The highest BCUT2D eigenvalue weighted by Gasteiger charge is 2.34. The van der Waals surface area contributed by atoms with E-state index in [4.69, 9.17) is 10.00 Å².